The summed E-state index contributed by atoms with van der Waals surface area (Å²) in [5, 5.41) is 0. The van der Waals surface area contributed by atoms with Gasteiger partial charge < -0.3 is 9.80 Å². The minimum atomic E-state index is -0.0518. The van der Waals surface area contributed by atoms with E-state index in [-0.39, 0.29) is 5.91 Å². The fourth-order valence-corrected chi connectivity index (χ4v) is 3.60. The molecular weight excluding hydrogens is 336 g/mol. The fraction of sp³-hybridized carbons (Fsp3) is 0.500. The van der Waals surface area contributed by atoms with Gasteiger partial charge in [0.1, 0.15) is 11.5 Å². The Labute approximate surface area is 162 Å². The highest BCUT2D eigenvalue weighted by atomic mass is 16.2. The molecule has 0 atom stereocenters. The lowest BCUT2D eigenvalue weighted by molar-refractivity contribution is 0.0787. The van der Waals surface area contributed by atoms with E-state index in [1.807, 2.05) is 7.05 Å². The van der Waals surface area contributed by atoms with Gasteiger partial charge in [0.25, 0.3) is 5.91 Å². The van der Waals surface area contributed by atoms with Gasteiger partial charge in [-0.1, -0.05) is 43.7 Å². The summed E-state index contributed by atoms with van der Waals surface area (Å²) in [6.45, 7) is 4.87. The lowest BCUT2D eigenvalue weighted by atomic mass is 9.90. The Morgan fingerprint density at radius 2 is 1.89 bits per heavy atom. The molecule has 1 aromatic heterocycles. The van der Waals surface area contributed by atoms with Crippen LogP contribution in [-0.2, 0) is 6.42 Å². The molecule has 0 saturated carbocycles. The molecule has 0 N–H and O–H groups in total. The quantitative estimate of drug-likeness (QED) is 0.748. The van der Waals surface area contributed by atoms with Crippen LogP contribution in [0.5, 0.6) is 0 Å². The van der Waals surface area contributed by atoms with Crippen molar-refractivity contribution < 1.29 is 4.79 Å². The molecule has 1 aliphatic heterocycles. The van der Waals surface area contributed by atoms with E-state index in [9.17, 15) is 4.79 Å². The highest BCUT2D eigenvalue weighted by Gasteiger charge is 2.21. The van der Waals surface area contributed by atoms with Crippen molar-refractivity contribution in [2.24, 2.45) is 5.92 Å². The Morgan fingerprint density at radius 3 is 2.52 bits per heavy atom. The fourth-order valence-electron chi connectivity index (χ4n) is 3.60. The zero-order chi connectivity index (χ0) is 19.1. The standard InChI is InChI=1S/C22H30N4O/c1-3-4-12-25(2)22(27)20-16-24-21(17-23-20)26-13-10-19(11-14-26)15-18-8-6-5-7-9-18/h5-9,16-17,19H,3-4,10-15H2,1-2H3. The number of rotatable bonds is 7. The van der Waals surface area contributed by atoms with Crippen LogP contribution in [0.15, 0.2) is 42.7 Å². The third kappa shape index (κ3) is 5.28. The van der Waals surface area contributed by atoms with Crippen LogP contribution in [0.25, 0.3) is 0 Å². The van der Waals surface area contributed by atoms with Crippen LogP contribution in [0.1, 0.15) is 48.7 Å². The smallest absolute Gasteiger partial charge is 0.273 e. The number of benzene rings is 1. The summed E-state index contributed by atoms with van der Waals surface area (Å²) >= 11 is 0. The number of hydrogen-bond donors (Lipinski definition) is 0. The lowest BCUT2D eigenvalue weighted by Gasteiger charge is -2.32. The zero-order valence-electron chi connectivity index (χ0n) is 16.5. The summed E-state index contributed by atoms with van der Waals surface area (Å²) in [4.78, 5) is 25.3. The second kappa shape index (κ2) is 9.49. The average molecular weight is 367 g/mol. The van der Waals surface area contributed by atoms with Crippen molar-refractivity contribution >= 4 is 11.7 Å². The number of unbranched alkanes of at least 4 members (excludes halogenated alkanes) is 1. The summed E-state index contributed by atoms with van der Waals surface area (Å²) < 4.78 is 0. The van der Waals surface area contributed by atoms with E-state index in [0.29, 0.717) is 5.69 Å². The molecular formula is C22H30N4O. The summed E-state index contributed by atoms with van der Waals surface area (Å²) in [6.07, 6.45) is 8.93. The Morgan fingerprint density at radius 1 is 1.15 bits per heavy atom. The van der Waals surface area contributed by atoms with Gasteiger partial charge in [0.05, 0.1) is 12.4 Å². The molecule has 5 nitrogen and oxygen atoms in total. The predicted octanol–water partition coefficient (Wildman–Crippen LogP) is 3.81. The number of carbonyl (C=O) groups is 1. The van der Waals surface area contributed by atoms with Gasteiger partial charge in [-0.2, -0.15) is 0 Å². The highest BCUT2D eigenvalue weighted by Crippen LogP contribution is 2.24. The highest BCUT2D eigenvalue weighted by molar-refractivity contribution is 5.91. The summed E-state index contributed by atoms with van der Waals surface area (Å²) in [7, 11) is 1.82. The maximum Gasteiger partial charge on any atom is 0.273 e. The first-order valence-electron chi connectivity index (χ1n) is 10.0. The molecule has 3 rings (SSSR count). The Hall–Kier alpha value is -2.43. The Kier molecular flexibility index (Phi) is 6.80. The van der Waals surface area contributed by atoms with E-state index in [4.69, 9.17) is 0 Å². The van der Waals surface area contributed by atoms with Crippen molar-refractivity contribution in [2.45, 2.75) is 39.0 Å². The molecule has 27 heavy (non-hydrogen) atoms. The van der Waals surface area contributed by atoms with Crippen molar-refractivity contribution in [3.63, 3.8) is 0 Å². The molecule has 2 aromatic rings. The second-order valence-corrected chi connectivity index (χ2v) is 7.46. The van der Waals surface area contributed by atoms with Crippen LogP contribution in [0.3, 0.4) is 0 Å². The molecule has 144 valence electrons. The SMILES string of the molecule is CCCCN(C)C(=O)c1cnc(N2CCC(Cc3ccccc3)CC2)cn1. The van der Waals surface area contributed by atoms with Crippen LogP contribution in [0, 0.1) is 5.92 Å². The number of aromatic nitrogens is 2. The molecule has 0 unspecified atom stereocenters. The third-order valence-corrected chi connectivity index (χ3v) is 5.36. The number of piperidine rings is 1. The van der Waals surface area contributed by atoms with Crippen LogP contribution in [0.4, 0.5) is 5.82 Å². The van der Waals surface area contributed by atoms with Crippen molar-refractivity contribution in [1.82, 2.24) is 14.9 Å². The molecule has 0 aliphatic carbocycles. The number of hydrogen-bond acceptors (Lipinski definition) is 4. The number of anilines is 1. The molecule has 1 aliphatic rings. The van der Waals surface area contributed by atoms with Gasteiger partial charge in [-0.15, -0.1) is 0 Å². The van der Waals surface area contributed by atoms with E-state index in [1.165, 1.54) is 5.56 Å². The molecule has 1 fully saturated rings. The summed E-state index contributed by atoms with van der Waals surface area (Å²) in [5.74, 6) is 1.55. The zero-order valence-corrected chi connectivity index (χ0v) is 16.5. The molecule has 0 bridgehead atoms. The molecule has 1 saturated heterocycles. The average Bonchev–Trinajstić information content (AvgIpc) is 2.73. The number of carbonyl (C=O) groups excluding carboxylic acids is 1. The Balaban J connectivity index is 1.52. The van der Waals surface area contributed by atoms with Crippen molar-refractivity contribution in [3.8, 4) is 0 Å². The third-order valence-electron chi connectivity index (χ3n) is 5.36. The van der Waals surface area contributed by atoms with Crippen molar-refractivity contribution in [3.05, 3.63) is 54.0 Å². The maximum absolute atomic E-state index is 12.4. The topological polar surface area (TPSA) is 49.3 Å². The Bertz CT molecular complexity index is 709. The number of amides is 1. The second-order valence-electron chi connectivity index (χ2n) is 7.46. The molecule has 0 spiro atoms. The molecule has 1 aromatic carbocycles. The van der Waals surface area contributed by atoms with Gasteiger partial charge in [0, 0.05) is 26.7 Å². The van der Waals surface area contributed by atoms with Gasteiger partial charge in [-0.05, 0) is 37.2 Å². The van der Waals surface area contributed by atoms with Crippen LogP contribution in [0.2, 0.25) is 0 Å². The lowest BCUT2D eigenvalue weighted by Crippen LogP contribution is -2.35. The summed E-state index contributed by atoms with van der Waals surface area (Å²) in [5.41, 5.74) is 1.85. The van der Waals surface area contributed by atoms with E-state index in [2.05, 4.69) is 52.1 Å². The molecule has 2 heterocycles. The van der Waals surface area contributed by atoms with E-state index >= 15 is 0 Å². The summed E-state index contributed by atoms with van der Waals surface area (Å²) in [6, 6.07) is 10.7. The van der Waals surface area contributed by atoms with Crippen LogP contribution >= 0.6 is 0 Å². The van der Waals surface area contributed by atoms with Crippen LogP contribution < -0.4 is 4.90 Å². The van der Waals surface area contributed by atoms with Crippen molar-refractivity contribution in [2.75, 3.05) is 31.6 Å². The van der Waals surface area contributed by atoms with E-state index in [1.54, 1.807) is 17.3 Å². The molecule has 5 heteroatoms. The largest absolute Gasteiger partial charge is 0.355 e. The van der Waals surface area contributed by atoms with Gasteiger partial charge in [0.15, 0.2) is 0 Å². The first kappa shape index (κ1) is 19.3. The first-order chi connectivity index (χ1) is 13.2. The van der Waals surface area contributed by atoms with E-state index < -0.39 is 0 Å². The van der Waals surface area contributed by atoms with Gasteiger partial charge in [-0.3, -0.25) is 4.79 Å². The van der Waals surface area contributed by atoms with Crippen LogP contribution in [-0.4, -0.2) is 47.5 Å². The molecule has 1 amide bonds. The minimum absolute atomic E-state index is 0.0518. The van der Waals surface area contributed by atoms with Crippen molar-refractivity contribution in [1.29, 1.82) is 0 Å². The first-order valence-corrected chi connectivity index (χ1v) is 10.0. The van der Waals surface area contributed by atoms with E-state index in [0.717, 1.165) is 63.5 Å². The van der Waals surface area contributed by atoms with Gasteiger partial charge in [-0.25, -0.2) is 9.97 Å². The predicted molar refractivity (Wildman–Crippen MR) is 109 cm³/mol. The monoisotopic (exact) mass is 366 g/mol. The van der Waals surface area contributed by atoms with Gasteiger partial charge >= 0.3 is 0 Å². The minimum Gasteiger partial charge on any atom is -0.355 e. The number of nitrogens with zero attached hydrogens (tertiary/aromatic N) is 4. The normalized spacial score (nSPS) is 15.0. The maximum atomic E-state index is 12.4. The van der Waals surface area contributed by atoms with Gasteiger partial charge in [0.2, 0.25) is 0 Å². The molecule has 0 radical (unpaired) electrons.